The van der Waals surface area contributed by atoms with Crippen molar-refractivity contribution in [3.8, 4) is 0 Å². The fraction of sp³-hybridized carbons (Fsp3) is 0.846. The maximum atomic E-state index is 11.9. The summed E-state index contributed by atoms with van der Waals surface area (Å²) in [5.74, 6) is 0.0942. The van der Waals surface area contributed by atoms with Gasteiger partial charge in [0, 0.05) is 25.6 Å². The second-order valence-electron chi connectivity index (χ2n) is 5.13. The van der Waals surface area contributed by atoms with Gasteiger partial charge in [0.05, 0.1) is 5.92 Å². The molecule has 4 nitrogen and oxygen atoms in total. The van der Waals surface area contributed by atoms with Crippen LogP contribution in [0.4, 0.5) is 0 Å². The highest BCUT2D eigenvalue weighted by molar-refractivity contribution is 5.89. The average molecular weight is 238 g/mol. The Labute approximate surface area is 103 Å². The monoisotopic (exact) mass is 238 g/mol. The molecule has 2 rings (SSSR count). The van der Waals surface area contributed by atoms with E-state index in [0.29, 0.717) is 25.6 Å². The van der Waals surface area contributed by atoms with Crippen molar-refractivity contribution in [2.75, 3.05) is 13.1 Å². The molecule has 0 aromatic heterocycles. The Morgan fingerprint density at radius 3 is 2.71 bits per heavy atom. The highest BCUT2D eigenvalue weighted by Crippen LogP contribution is 2.28. The van der Waals surface area contributed by atoms with E-state index in [1.165, 1.54) is 19.3 Å². The van der Waals surface area contributed by atoms with Crippen molar-refractivity contribution >= 4 is 11.8 Å². The molecular weight excluding hydrogens is 216 g/mol. The number of rotatable bonds is 3. The molecule has 1 atom stereocenters. The number of carbonyl (C=O) groups is 2. The molecule has 4 heteroatoms. The van der Waals surface area contributed by atoms with Crippen LogP contribution < -0.4 is 5.32 Å². The van der Waals surface area contributed by atoms with Gasteiger partial charge in [-0.1, -0.05) is 19.3 Å². The summed E-state index contributed by atoms with van der Waals surface area (Å²) in [6.07, 6.45) is 6.38. The average Bonchev–Trinajstić information content (AvgIpc) is 2.73. The van der Waals surface area contributed by atoms with E-state index < -0.39 is 0 Å². The van der Waals surface area contributed by atoms with Crippen molar-refractivity contribution in [2.24, 2.45) is 5.92 Å². The highest BCUT2D eigenvalue weighted by atomic mass is 16.2. The summed E-state index contributed by atoms with van der Waals surface area (Å²) in [5.41, 5.74) is 0. The van der Waals surface area contributed by atoms with Crippen LogP contribution in [0.15, 0.2) is 0 Å². The van der Waals surface area contributed by atoms with Crippen LogP contribution in [0.2, 0.25) is 0 Å². The minimum absolute atomic E-state index is 0.0409. The van der Waals surface area contributed by atoms with Gasteiger partial charge in [0.25, 0.3) is 0 Å². The van der Waals surface area contributed by atoms with Crippen molar-refractivity contribution in [1.29, 1.82) is 0 Å². The van der Waals surface area contributed by atoms with Crippen LogP contribution in [0.25, 0.3) is 0 Å². The van der Waals surface area contributed by atoms with Crippen LogP contribution >= 0.6 is 0 Å². The molecule has 0 aromatic rings. The number of nitrogens with one attached hydrogen (secondary N) is 1. The van der Waals surface area contributed by atoms with Gasteiger partial charge in [0.1, 0.15) is 0 Å². The predicted octanol–water partition coefficient (Wildman–Crippen LogP) is 1.30. The number of hydrogen-bond acceptors (Lipinski definition) is 2. The maximum absolute atomic E-state index is 11.9. The Balaban J connectivity index is 1.92. The first kappa shape index (κ1) is 12.4. The second-order valence-corrected chi connectivity index (χ2v) is 5.13. The third-order valence-electron chi connectivity index (χ3n) is 3.90. The molecule has 0 aromatic carbocycles. The van der Waals surface area contributed by atoms with Gasteiger partial charge < -0.3 is 10.2 Å². The Morgan fingerprint density at radius 1 is 1.35 bits per heavy atom. The molecule has 2 fully saturated rings. The normalized spacial score (nSPS) is 26.3. The van der Waals surface area contributed by atoms with E-state index in [-0.39, 0.29) is 17.7 Å². The third kappa shape index (κ3) is 2.79. The fourth-order valence-electron chi connectivity index (χ4n) is 2.97. The molecule has 1 heterocycles. The third-order valence-corrected chi connectivity index (χ3v) is 3.90. The van der Waals surface area contributed by atoms with Crippen LogP contribution in [0.1, 0.15) is 45.4 Å². The van der Waals surface area contributed by atoms with E-state index in [1.54, 1.807) is 0 Å². The Morgan fingerprint density at radius 2 is 2.06 bits per heavy atom. The van der Waals surface area contributed by atoms with Gasteiger partial charge in [0.2, 0.25) is 11.8 Å². The summed E-state index contributed by atoms with van der Waals surface area (Å²) >= 11 is 0. The molecule has 0 radical (unpaired) electrons. The van der Waals surface area contributed by atoms with Crippen molar-refractivity contribution in [3.63, 3.8) is 0 Å². The summed E-state index contributed by atoms with van der Waals surface area (Å²) in [7, 11) is 0. The first-order chi connectivity index (χ1) is 8.22. The van der Waals surface area contributed by atoms with Crippen molar-refractivity contribution < 1.29 is 9.59 Å². The first-order valence-corrected chi connectivity index (χ1v) is 6.79. The zero-order valence-electron chi connectivity index (χ0n) is 10.6. The predicted molar refractivity (Wildman–Crippen MR) is 65.4 cm³/mol. The number of amides is 2. The lowest BCUT2D eigenvalue weighted by Gasteiger charge is -2.31. The topological polar surface area (TPSA) is 49.4 Å². The van der Waals surface area contributed by atoms with Crippen LogP contribution in [0.3, 0.4) is 0 Å². The van der Waals surface area contributed by atoms with Crippen LogP contribution in [0, 0.1) is 5.92 Å². The lowest BCUT2D eigenvalue weighted by molar-refractivity contribution is -0.130. The molecule has 0 spiro atoms. The number of hydrogen-bond donors (Lipinski definition) is 1. The van der Waals surface area contributed by atoms with E-state index >= 15 is 0 Å². The minimum atomic E-state index is -0.121. The van der Waals surface area contributed by atoms with Crippen molar-refractivity contribution in [3.05, 3.63) is 0 Å². The van der Waals surface area contributed by atoms with Gasteiger partial charge in [-0.3, -0.25) is 9.59 Å². The van der Waals surface area contributed by atoms with E-state index in [4.69, 9.17) is 0 Å². The summed E-state index contributed by atoms with van der Waals surface area (Å²) in [5, 5.41) is 2.81. The van der Waals surface area contributed by atoms with Crippen LogP contribution in [0.5, 0.6) is 0 Å². The van der Waals surface area contributed by atoms with Gasteiger partial charge in [-0.2, -0.15) is 0 Å². The summed E-state index contributed by atoms with van der Waals surface area (Å²) in [6.45, 7) is 3.19. The second kappa shape index (κ2) is 5.52. The lowest BCUT2D eigenvalue weighted by atomic mass is 9.94. The van der Waals surface area contributed by atoms with Crippen LogP contribution in [-0.2, 0) is 9.59 Å². The van der Waals surface area contributed by atoms with Gasteiger partial charge in [0.15, 0.2) is 0 Å². The van der Waals surface area contributed by atoms with Gasteiger partial charge in [-0.25, -0.2) is 0 Å². The molecule has 0 bridgehead atoms. The van der Waals surface area contributed by atoms with Crippen LogP contribution in [-0.4, -0.2) is 35.8 Å². The molecule has 1 aliphatic carbocycles. The molecule has 2 amide bonds. The van der Waals surface area contributed by atoms with Gasteiger partial charge in [-0.15, -0.1) is 0 Å². The number of nitrogens with zero attached hydrogens (tertiary/aromatic N) is 1. The molecule has 1 saturated carbocycles. The summed E-state index contributed by atoms with van der Waals surface area (Å²) in [6, 6.07) is 0.399. The molecule has 1 aliphatic heterocycles. The van der Waals surface area contributed by atoms with E-state index in [9.17, 15) is 9.59 Å². The van der Waals surface area contributed by atoms with E-state index in [1.807, 2.05) is 11.8 Å². The first-order valence-electron chi connectivity index (χ1n) is 6.79. The smallest absolute Gasteiger partial charge is 0.225 e. The Hall–Kier alpha value is -1.06. The zero-order chi connectivity index (χ0) is 12.3. The molecule has 1 N–H and O–H groups in total. The Kier molecular flexibility index (Phi) is 4.02. The quantitative estimate of drug-likeness (QED) is 0.805. The standard InChI is InChI=1S/C13H22N2O2/c1-2-14-13(17)10-8-12(16)15(9-10)11-6-4-3-5-7-11/h10-11H,2-9H2,1H3,(H,14,17). The molecule has 2 aliphatic rings. The molecule has 17 heavy (non-hydrogen) atoms. The number of likely N-dealkylation sites (tertiary alicyclic amines) is 1. The fourth-order valence-corrected chi connectivity index (χ4v) is 2.97. The Bertz CT molecular complexity index is 298. The summed E-state index contributed by atoms with van der Waals surface area (Å²) < 4.78 is 0. The lowest BCUT2D eigenvalue weighted by Crippen LogP contribution is -2.39. The van der Waals surface area contributed by atoms with Gasteiger partial charge in [-0.05, 0) is 19.8 Å². The summed E-state index contributed by atoms with van der Waals surface area (Å²) in [4.78, 5) is 25.6. The van der Waals surface area contributed by atoms with Crippen molar-refractivity contribution in [2.45, 2.75) is 51.5 Å². The SMILES string of the molecule is CCNC(=O)C1CC(=O)N(C2CCCCC2)C1. The molecule has 96 valence electrons. The largest absolute Gasteiger partial charge is 0.356 e. The van der Waals surface area contributed by atoms with E-state index in [2.05, 4.69) is 5.32 Å². The minimum Gasteiger partial charge on any atom is -0.356 e. The molecule has 1 unspecified atom stereocenters. The van der Waals surface area contributed by atoms with Crippen molar-refractivity contribution in [1.82, 2.24) is 10.2 Å². The molecular formula is C13H22N2O2. The maximum Gasteiger partial charge on any atom is 0.225 e. The van der Waals surface area contributed by atoms with Gasteiger partial charge >= 0.3 is 0 Å². The van der Waals surface area contributed by atoms with E-state index in [0.717, 1.165) is 12.8 Å². The highest BCUT2D eigenvalue weighted by Gasteiger charge is 2.37. The zero-order valence-corrected chi connectivity index (χ0v) is 10.6. The molecule has 1 saturated heterocycles. The number of carbonyl (C=O) groups excluding carboxylic acids is 2.